The molecule has 0 aromatic heterocycles. The number of amides is 1. The van der Waals surface area contributed by atoms with Gasteiger partial charge in [0.1, 0.15) is 0 Å². The lowest BCUT2D eigenvalue weighted by atomic mass is 10.0. The minimum absolute atomic E-state index is 0.0378. The molecule has 2 heterocycles. The lowest BCUT2D eigenvalue weighted by Gasteiger charge is -2.36. The topological polar surface area (TPSA) is 41.6 Å². The quantitative estimate of drug-likeness (QED) is 0.747. The molecule has 0 bridgehead atoms. The first kappa shape index (κ1) is 12.8. The number of rotatable bonds is 1. The normalized spacial score (nSPS) is 31.7. The maximum atomic E-state index is 12.4. The predicted molar refractivity (Wildman–Crippen MR) is 66.9 cm³/mol. The van der Waals surface area contributed by atoms with E-state index in [9.17, 15) is 4.79 Å². The molecule has 4 heteroatoms. The first-order valence-electron chi connectivity index (χ1n) is 6.90. The predicted octanol–water partition coefficient (Wildman–Crippen LogP) is 1.16. The highest BCUT2D eigenvalue weighted by molar-refractivity contribution is 5.82. The van der Waals surface area contributed by atoms with Crippen molar-refractivity contribution in [1.29, 1.82) is 0 Å². The highest BCUT2D eigenvalue weighted by atomic mass is 16.5. The third kappa shape index (κ3) is 3.42. The van der Waals surface area contributed by atoms with Crippen molar-refractivity contribution < 1.29 is 9.53 Å². The number of carbonyl (C=O) groups is 1. The standard InChI is InChI=1S/C13H24N2O2/c1-11-10-17-9-8-15(11)13(16)12-6-4-2-3-5-7-14-12/h11-12,14H,2-10H2,1H3/t11-,12?/m1/s1. The van der Waals surface area contributed by atoms with E-state index in [1.54, 1.807) is 0 Å². The fraction of sp³-hybridized carbons (Fsp3) is 0.923. The summed E-state index contributed by atoms with van der Waals surface area (Å²) in [6.45, 7) is 5.16. The van der Waals surface area contributed by atoms with Crippen molar-refractivity contribution in [3.8, 4) is 0 Å². The molecule has 2 aliphatic heterocycles. The van der Waals surface area contributed by atoms with Crippen molar-refractivity contribution in [1.82, 2.24) is 10.2 Å². The molecule has 2 atom stereocenters. The van der Waals surface area contributed by atoms with Gasteiger partial charge in [-0.15, -0.1) is 0 Å². The zero-order valence-corrected chi connectivity index (χ0v) is 10.8. The second kappa shape index (κ2) is 6.36. The number of morpholine rings is 1. The number of carbonyl (C=O) groups excluding carboxylic acids is 1. The van der Waals surface area contributed by atoms with Gasteiger partial charge in [-0.3, -0.25) is 4.79 Å². The first-order chi connectivity index (χ1) is 8.29. The summed E-state index contributed by atoms with van der Waals surface area (Å²) in [7, 11) is 0. The second-order valence-electron chi connectivity index (χ2n) is 5.17. The summed E-state index contributed by atoms with van der Waals surface area (Å²) in [4.78, 5) is 14.4. The molecule has 4 nitrogen and oxygen atoms in total. The molecule has 1 amide bonds. The van der Waals surface area contributed by atoms with Crippen LogP contribution in [-0.2, 0) is 9.53 Å². The fourth-order valence-corrected chi connectivity index (χ4v) is 2.67. The molecule has 0 spiro atoms. The Labute approximate surface area is 104 Å². The summed E-state index contributed by atoms with van der Waals surface area (Å²) in [5.41, 5.74) is 0. The molecule has 1 unspecified atom stereocenters. The van der Waals surface area contributed by atoms with Crippen LogP contribution in [0.4, 0.5) is 0 Å². The van der Waals surface area contributed by atoms with Crippen molar-refractivity contribution >= 4 is 5.91 Å². The lowest BCUT2D eigenvalue weighted by Crippen LogP contribution is -2.54. The lowest BCUT2D eigenvalue weighted by molar-refractivity contribution is -0.141. The maximum absolute atomic E-state index is 12.4. The van der Waals surface area contributed by atoms with Crippen LogP contribution in [0.5, 0.6) is 0 Å². The van der Waals surface area contributed by atoms with Crippen LogP contribution in [0.3, 0.4) is 0 Å². The Balaban J connectivity index is 1.91. The number of nitrogens with zero attached hydrogens (tertiary/aromatic N) is 1. The summed E-state index contributed by atoms with van der Waals surface area (Å²) in [6, 6.07) is 0.263. The molecule has 2 saturated heterocycles. The third-order valence-electron chi connectivity index (χ3n) is 3.76. The zero-order valence-electron chi connectivity index (χ0n) is 10.8. The summed E-state index contributed by atoms with van der Waals surface area (Å²) >= 11 is 0. The first-order valence-corrected chi connectivity index (χ1v) is 6.90. The molecule has 0 aromatic carbocycles. The van der Waals surface area contributed by atoms with Gasteiger partial charge in [-0.25, -0.2) is 0 Å². The van der Waals surface area contributed by atoms with Crippen molar-refractivity contribution in [2.24, 2.45) is 0 Å². The third-order valence-corrected chi connectivity index (χ3v) is 3.76. The molecule has 0 radical (unpaired) electrons. The van der Waals surface area contributed by atoms with E-state index in [0.717, 1.165) is 19.5 Å². The van der Waals surface area contributed by atoms with E-state index in [-0.39, 0.29) is 18.0 Å². The van der Waals surface area contributed by atoms with Crippen LogP contribution in [0.2, 0.25) is 0 Å². The van der Waals surface area contributed by atoms with Crippen molar-refractivity contribution in [2.75, 3.05) is 26.3 Å². The van der Waals surface area contributed by atoms with Crippen molar-refractivity contribution in [3.05, 3.63) is 0 Å². The molecule has 2 fully saturated rings. The molecule has 98 valence electrons. The van der Waals surface area contributed by atoms with Gasteiger partial charge in [-0.05, 0) is 26.3 Å². The van der Waals surface area contributed by atoms with Gasteiger partial charge in [-0.1, -0.05) is 19.3 Å². The summed E-state index contributed by atoms with van der Waals surface area (Å²) < 4.78 is 5.38. The van der Waals surface area contributed by atoms with Crippen molar-refractivity contribution in [3.63, 3.8) is 0 Å². The average molecular weight is 240 g/mol. The fourth-order valence-electron chi connectivity index (χ4n) is 2.67. The van der Waals surface area contributed by atoms with Gasteiger partial charge in [0.2, 0.25) is 5.91 Å². The molecular formula is C13H24N2O2. The molecule has 1 N–H and O–H groups in total. The summed E-state index contributed by atoms with van der Waals surface area (Å²) in [6.07, 6.45) is 5.92. The van der Waals surface area contributed by atoms with Gasteiger partial charge in [0.25, 0.3) is 0 Å². The van der Waals surface area contributed by atoms with E-state index < -0.39 is 0 Å². The van der Waals surface area contributed by atoms with E-state index in [1.165, 1.54) is 25.7 Å². The van der Waals surface area contributed by atoms with Crippen LogP contribution < -0.4 is 5.32 Å². The largest absolute Gasteiger partial charge is 0.377 e. The maximum Gasteiger partial charge on any atom is 0.240 e. The summed E-state index contributed by atoms with van der Waals surface area (Å²) in [5.74, 6) is 0.280. The monoisotopic (exact) mass is 240 g/mol. The molecule has 17 heavy (non-hydrogen) atoms. The molecule has 2 rings (SSSR count). The van der Waals surface area contributed by atoms with Crippen LogP contribution in [-0.4, -0.2) is 49.2 Å². The Morgan fingerprint density at radius 1 is 1.29 bits per heavy atom. The van der Waals surface area contributed by atoms with Gasteiger partial charge >= 0.3 is 0 Å². The Bertz CT molecular complexity index is 250. The van der Waals surface area contributed by atoms with Crippen molar-refractivity contribution in [2.45, 2.75) is 51.1 Å². The average Bonchev–Trinajstić information content (AvgIpc) is 2.28. The second-order valence-corrected chi connectivity index (χ2v) is 5.17. The highest BCUT2D eigenvalue weighted by Gasteiger charge is 2.29. The Kier molecular flexibility index (Phi) is 4.80. The Morgan fingerprint density at radius 3 is 2.94 bits per heavy atom. The van der Waals surface area contributed by atoms with Crippen LogP contribution in [0.25, 0.3) is 0 Å². The van der Waals surface area contributed by atoms with Gasteiger partial charge < -0.3 is 15.0 Å². The minimum atomic E-state index is 0.0378. The molecular weight excluding hydrogens is 216 g/mol. The molecule has 0 aromatic rings. The van der Waals surface area contributed by atoms with E-state index in [4.69, 9.17) is 4.74 Å². The van der Waals surface area contributed by atoms with Crippen LogP contribution in [0.1, 0.15) is 39.0 Å². The SMILES string of the molecule is C[C@@H]1COCCN1C(=O)C1CCCCCCN1. The Morgan fingerprint density at radius 2 is 2.12 bits per heavy atom. The number of hydrogen-bond donors (Lipinski definition) is 1. The van der Waals surface area contributed by atoms with E-state index >= 15 is 0 Å². The van der Waals surface area contributed by atoms with Gasteiger partial charge in [0.15, 0.2) is 0 Å². The van der Waals surface area contributed by atoms with Gasteiger partial charge in [-0.2, -0.15) is 0 Å². The van der Waals surface area contributed by atoms with Crippen LogP contribution >= 0.6 is 0 Å². The molecule has 0 aliphatic carbocycles. The van der Waals surface area contributed by atoms with Gasteiger partial charge in [0, 0.05) is 6.54 Å². The van der Waals surface area contributed by atoms with Crippen LogP contribution in [0, 0.1) is 0 Å². The molecule has 2 aliphatic rings. The molecule has 0 saturated carbocycles. The number of hydrogen-bond acceptors (Lipinski definition) is 3. The minimum Gasteiger partial charge on any atom is -0.377 e. The van der Waals surface area contributed by atoms with Crippen LogP contribution in [0.15, 0.2) is 0 Å². The highest BCUT2D eigenvalue weighted by Crippen LogP contribution is 2.14. The Hall–Kier alpha value is -0.610. The number of ether oxygens (including phenoxy) is 1. The smallest absolute Gasteiger partial charge is 0.240 e. The number of nitrogens with one attached hydrogen (secondary N) is 1. The van der Waals surface area contributed by atoms with E-state index in [1.807, 2.05) is 4.90 Å². The van der Waals surface area contributed by atoms with E-state index in [0.29, 0.717) is 13.2 Å². The van der Waals surface area contributed by atoms with E-state index in [2.05, 4.69) is 12.2 Å². The van der Waals surface area contributed by atoms with Gasteiger partial charge in [0.05, 0.1) is 25.3 Å². The zero-order chi connectivity index (χ0) is 12.1. The summed E-state index contributed by atoms with van der Waals surface area (Å²) in [5, 5.41) is 3.41.